The lowest BCUT2D eigenvalue weighted by Crippen LogP contribution is -3.17. The molecule has 2 aromatic rings. The number of aliphatic hydroxyl groups excluding tert-OH is 1. The number of likely N-dealkylation sites (tertiary alicyclic amines) is 1. The van der Waals surface area contributed by atoms with Gasteiger partial charge in [-0.1, -0.05) is 17.7 Å². The number of esters is 1. The summed E-state index contributed by atoms with van der Waals surface area (Å²) in [5, 5.41) is 13.2. The molecule has 146 valence electrons. The molecule has 1 fully saturated rings. The van der Waals surface area contributed by atoms with Gasteiger partial charge in [0.15, 0.2) is 6.54 Å². The van der Waals surface area contributed by atoms with Crippen molar-refractivity contribution in [3.8, 4) is 0 Å². The Morgan fingerprint density at radius 2 is 2.22 bits per heavy atom. The van der Waals surface area contributed by atoms with Crippen molar-refractivity contribution in [2.75, 3.05) is 32.1 Å². The number of carbonyl (C=O) groups is 2. The molecule has 1 aromatic heterocycles. The van der Waals surface area contributed by atoms with Crippen LogP contribution in [0.25, 0.3) is 10.9 Å². The summed E-state index contributed by atoms with van der Waals surface area (Å²) in [6.45, 7) is 1.30. The molecule has 4 N–H and O–H groups in total. The zero-order chi connectivity index (χ0) is 19.4. The zero-order valence-corrected chi connectivity index (χ0v) is 16.1. The highest BCUT2D eigenvalue weighted by Crippen LogP contribution is 2.33. The van der Waals surface area contributed by atoms with E-state index in [1.165, 1.54) is 12.0 Å². The summed E-state index contributed by atoms with van der Waals surface area (Å²) in [5.74, 6) is -0.762. The Morgan fingerprint density at radius 1 is 1.41 bits per heavy atom. The molecule has 1 amide bonds. The first-order valence-electron chi connectivity index (χ1n) is 9.19. The maximum atomic E-state index is 12.7. The van der Waals surface area contributed by atoms with E-state index in [1.807, 2.05) is 0 Å². The molecule has 0 saturated carbocycles. The SMILES string of the molecule is COC(=O)c1[nH]c2cccc(Cl)c2c1NC(=O)C[NH+]1CCCC[C@H]1CCO. The first-order chi connectivity index (χ1) is 13.0. The molecular formula is C19H25ClN3O4+. The minimum Gasteiger partial charge on any atom is -0.464 e. The molecule has 2 atom stereocenters. The molecule has 0 radical (unpaired) electrons. The first kappa shape index (κ1) is 19.7. The number of methoxy groups -OCH3 is 1. The predicted octanol–water partition coefficient (Wildman–Crippen LogP) is 1.37. The van der Waals surface area contributed by atoms with Crippen molar-refractivity contribution in [1.82, 2.24) is 4.98 Å². The van der Waals surface area contributed by atoms with Gasteiger partial charge in [-0.25, -0.2) is 4.79 Å². The molecule has 1 aliphatic heterocycles. The van der Waals surface area contributed by atoms with E-state index in [-0.39, 0.29) is 30.8 Å². The van der Waals surface area contributed by atoms with Crippen LogP contribution < -0.4 is 10.2 Å². The normalized spacial score (nSPS) is 19.8. The summed E-state index contributed by atoms with van der Waals surface area (Å²) in [5.41, 5.74) is 1.18. The number of piperidine rings is 1. The highest BCUT2D eigenvalue weighted by molar-refractivity contribution is 6.37. The average molecular weight is 395 g/mol. The fraction of sp³-hybridized carbons (Fsp3) is 0.474. The number of ether oxygens (including phenoxy) is 1. The van der Waals surface area contributed by atoms with Crippen LogP contribution in [0.15, 0.2) is 18.2 Å². The van der Waals surface area contributed by atoms with Crippen LogP contribution in [-0.4, -0.2) is 54.8 Å². The van der Waals surface area contributed by atoms with Crippen molar-refractivity contribution in [3.63, 3.8) is 0 Å². The highest BCUT2D eigenvalue weighted by atomic mass is 35.5. The molecule has 7 nitrogen and oxygen atoms in total. The van der Waals surface area contributed by atoms with Crippen LogP contribution >= 0.6 is 11.6 Å². The fourth-order valence-corrected chi connectivity index (χ4v) is 4.13. The van der Waals surface area contributed by atoms with E-state index in [9.17, 15) is 14.7 Å². The van der Waals surface area contributed by atoms with Crippen molar-refractivity contribution in [1.29, 1.82) is 0 Å². The number of nitrogens with one attached hydrogen (secondary N) is 3. The van der Waals surface area contributed by atoms with Gasteiger partial charge in [0.25, 0.3) is 5.91 Å². The van der Waals surface area contributed by atoms with E-state index >= 15 is 0 Å². The molecule has 1 aromatic carbocycles. The molecule has 1 unspecified atom stereocenters. The van der Waals surface area contributed by atoms with Crippen molar-refractivity contribution in [3.05, 3.63) is 28.9 Å². The lowest BCUT2D eigenvalue weighted by Gasteiger charge is -2.31. The van der Waals surface area contributed by atoms with E-state index in [2.05, 4.69) is 10.3 Å². The van der Waals surface area contributed by atoms with Crippen LogP contribution in [0.4, 0.5) is 5.69 Å². The van der Waals surface area contributed by atoms with Crippen LogP contribution in [0.5, 0.6) is 0 Å². The monoisotopic (exact) mass is 394 g/mol. The number of rotatable bonds is 6. The molecule has 27 heavy (non-hydrogen) atoms. The standard InChI is InChI=1S/C19H24ClN3O4/c1-27-19(26)18-17(16-13(20)6-4-7-14(16)21-18)22-15(25)11-23-9-3-2-5-12(23)8-10-24/h4,6-7,12,21,24H,2-3,5,8-11H2,1H3,(H,22,25)/p+1/t12-/m0/s1. The van der Waals surface area contributed by atoms with E-state index in [0.29, 0.717) is 28.0 Å². The maximum absolute atomic E-state index is 12.7. The summed E-state index contributed by atoms with van der Waals surface area (Å²) in [4.78, 5) is 29.0. The van der Waals surface area contributed by atoms with Gasteiger partial charge in [0.1, 0.15) is 5.69 Å². The van der Waals surface area contributed by atoms with E-state index in [1.54, 1.807) is 18.2 Å². The number of aromatic amines is 1. The Balaban J connectivity index is 1.84. The molecular weight excluding hydrogens is 370 g/mol. The van der Waals surface area contributed by atoms with Gasteiger partial charge in [-0.05, 0) is 31.4 Å². The summed E-state index contributed by atoms with van der Waals surface area (Å²) in [6.07, 6.45) is 3.89. The third-order valence-corrected chi connectivity index (χ3v) is 5.49. The van der Waals surface area contributed by atoms with E-state index in [4.69, 9.17) is 16.3 Å². The zero-order valence-electron chi connectivity index (χ0n) is 15.3. The number of amides is 1. The van der Waals surface area contributed by atoms with Gasteiger partial charge in [-0.2, -0.15) is 0 Å². The van der Waals surface area contributed by atoms with Crippen molar-refractivity contribution < 1.29 is 24.3 Å². The van der Waals surface area contributed by atoms with Gasteiger partial charge in [0.05, 0.1) is 30.4 Å². The summed E-state index contributed by atoms with van der Waals surface area (Å²) in [7, 11) is 1.29. The molecule has 0 aliphatic carbocycles. The topological polar surface area (TPSA) is 95.9 Å². The summed E-state index contributed by atoms with van der Waals surface area (Å²) in [6, 6.07) is 5.55. The third-order valence-electron chi connectivity index (χ3n) is 5.17. The fourth-order valence-electron chi connectivity index (χ4n) is 3.86. The number of aromatic nitrogens is 1. The Kier molecular flexibility index (Phi) is 6.36. The predicted molar refractivity (Wildman–Crippen MR) is 103 cm³/mol. The number of hydrogen-bond donors (Lipinski definition) is 4. The number of halogens is 1. The number of fused-ring (bicyclic) bond motifs is 1. The van der Waals surface area contributed by atoms with E-state index < -0.39 is 5.97 Å². The average Bonchev–Trinajstić information content (AvgIpc) is 3.02. The minimum absolute atomic E-state index is 0.125. The summed E-state index contributed by atoms with van der Waals surface area (Å²) >= 11 is 6.31. The van der Waals surface area contributed by atoms with E-state index in [0.717, 1.165) is 25.8 Å². The second kappa shape index (κ2) is 8.73. The molecule has 0 spiro atoms. The Labute approximate surface area is 162 Å². The number of carbonyl (C=O) groups excluding carboxylic acids is 2. The third kappa shape index (κ3) is 4.26. The number of quaternary nitrogens is 1. The van der Waals surface area contributed by atoms with Crippen molar-refractivity contribution in [2.24, 2.45) is 0 Å². The quantitative estimate of drug-likeness (QED) is 0.556. The summed E-state index contributed by atoms with van der Waals surface area (Å²) < 4.78 is 4.83. The lowest BCUT2D eigenvalue weighted by atomic mass is 9.99. The smallest absolute Gasteiger partial charge is 0.356 e. The van der Waals surface area contributed by atoms with Gasteiger partial charge in [-0.3, -0.25) is 4.79 Å². The van der Waals surface area contributed by atoms with Crippen LogP contribution in [0.1, 0.15) is 36.2 Å². The highest BCUT2D eigenvalue weighted by Gasteiger charge is 2.29. The van der Waals surface area contributed by atoms with Gasteiger partial charge in [-0.15, -0.1) is 0 Å². The van der Waals surface area contributed by atoms with Gasteiger partial charge >= 0.3 is 5.97 Å². The molecule has 3 rings (SSSR count). The molecule has 2 heterocycles. The van der Waals surface area contributed by atoms with Gasteiger partial charge < -0.3 is 25.0 Å². The Morgan fingerprint density at radius 3 is 2.96 bits per heavy atom. The Hall–Kier alpha value is -2.09. The van der Waals surface area contributed by atoms with Crippen molar-refractivity contribution in [2.45, 2.75) is 31.7 Å². The van der Waals surface area contributed by atoms with Gasteiger partial charge in [0.2, 0.25) is 0 Å². The van der Waals surface area contributed by atoms with Crippen LogP contribution in [-0.2, 0) is 9.53 Å². The molecule has 1 saturated heterocycles. The number of aliphatic hydroxyl groups is 1. The second-order valence-corrected chi connectivity index (χ2v) is 7.27. The van der Waals surface area contributed by atoms with Crippen molar-refractivity contribution >= 4 is 40.1 Å². The second-order valence-electron chi connectivity index (χ2n) is 6.87. The number of H-pyrrole nitrogens is 1. The van der Waals surface area contributed by atoms with Crippen LogP contribution in [0.2, 0.25) is 5.02 Å². The minimum atomic E-state index is -0.568. The number of anilines is 1. The van der Waals surface area contributed by atoms with Crippen LogP contribution in [0, 0.1) is 0 Å². The molecule has 1 aliphatic rings. The number of benzene rings is 1. The van der Waals surface area contributed by atoms with Gasteiger partial charge in [0, 0.05) is 23.9 Å². The van der Waals surface area contributed by atoms with Crippen LogP contribution in [0.3, 0.4) is 0 Å². The largest absolute Gasteiger partial charge is 0.464 e. The Bertz CT molecular complexity index is 834. The first-order valence-corrected chi connectivity index (χ1v) is 9.56. The molecule has 8 heteroatoms. The molecule has 0 bridgehead atoms. The lowest BCUT2D eigenvalue weighted by molar-refractivity contribution is -0.923. The maximum Gasteiger partial charge on any atom is 0.356 e. The number of hydrogen-bond acceptors (Lipinski definition) is 4.